The Kier molecular flexibility index (Phi) is 7.50. The van der Waals surface area contributed by atoms with E-state index in [0.29, 0.717) is 19.6 Å². The Balaban J connectivity index is 1.21. The standard InChI is InChI=1S/C24H32FN5O2/c25-20-11-9-18(10-12-20)16-23(31)29-14-5-6-19(17-29)24(32)26-13-4-8-22-28-27-21-7-2-1-3-15-30(21)22/h9-12,19H,1-8,13-17H2,(H,26,32). The first-order valence-electron chi connectivity index (χ1n) is 11.8. The van der Waals surface area contributed by atoms with Crippen LogP contribution in [-0.2, 0) is 35.4 Å². The number of likely N-dealkylation sites (tertiary alicyclic amines) is 1. The van der Waals surface area contributed by atoms with E-state index in [1.807, 2.05) is 0 Å². The fourth-order valence-electron chi connectivity index (χ4n) is 4.64. The Morgan fingerprint density at radius 2 is 1.91 bits per heavy atom. The lowest BCUT2D eigenvalue weighted by Gasteiger charge is -2.32. The van der Waals surface area contributed by atoms with Crippen LogP contribution in [0.2, 0.25) is 0 Å². The normalized spacial score (nSPS) is 18.7. The molecule has 172 valence electrons. The summed E-state index contributed by atoms with van der Waals surface area (Å²) in [5, 5.41) is 11.7. The predicted molar refractivity (Wildman–Crippen MR) is 118 cm³/mol. The minimum atomic E-state index is -0.310. The molecule has 0 bridgehead atoms. The molecule has 0 aliphatic carbocycles. The molecule has 4 rings (SSSR count). The largest absolute Gasteiger partial charge is 0.356 e. The van der Waals surface area contributed by atoms with Crippen LogP contribution >= 0.6 is 0 Å². The fourth-order valence-corrected chi connectivity index (χ4v) is 4.64. The number of hydrogen-bond acceptors (Lipinski definition) is 4. The molecule has 32 heavy (non-hydrogen) atoms. The van der Waals surface area contributed by atoms with Crippen molar-refractivity contribution in [2.75, 3.05) is 19.6 Å². The average molecular weight is 442 g/mol. The third-order valence-corrected chi connectivity index (χ3v) is 6.48. The molecule has 2 aliphatic heterocycles. The van der Waals surface area contributed by atoms with Gasteiger partial charge in [0.1, 0.15) is 17.5 Å². The minimum Gasteiger partial charge on any atom is -0.356 e. The minimum absolute atomic E-state index is 0.0124. The molecule has 1 unspecified atom stereocenters. The zero-order chi connectivity index (χ0) is 22.3. The van der Waals surface area contributed by atoms with Crippen LogP contribution in [0.4, 0.5) is 4.39 Å². The molecular formula is C24H32FN5O2. The van der Waals surface area contributed by atoms with Gasteiger partial charge in [-0.1, -0.05) is 18.6 Å². The maximum absolute atomic E-state index is 13.1. The summed E-state index contributed by atoms with van der Waals surface area (Å²) in [6, 6.07) is 6.00. The molecule has 0 radical (unpaired) electrons. The lowest BCUT2D eigenvalue weighted by molar-refractivity contribution is -0.135. The van der Waals surface area contributed by atoms with Gasteiger partial charge in [0, 0.05) is 39.0 Å². The molecule has 0 spiro atoms. The lowest BCUT2D eigenvalue weighted by Crippen LogP contribution is -2.46. The van der Waals surface area contributed by atoms with Crippen molar-refractivity contribution in [3.8, 4) is 0 Å². The number of aromatic nitrogens is 3. The molecule has 3 heterocycles. The van der Waals surface area contributed by atoms with Crippen LogP contribution in [0, 0.1) is 11.7 Å². The summed E-state index contributed by atoms with van der Waals surface area (Å²) in [6.45, 7) is 2.71. The third kappa shape index (κ3) is 5.72. The molecule has 1 N–H and O–H groups in total. The van der Waals surface area contributed by atoms with Gasteiger partial charge in [-0.15, -0.1) is 10.2 Å². The molecular weight excluding hydrogens is 409 g/mol. The van der Waals surface area contributed by atoms with E-state index < -0.39 is 0 Å². The quantitative estimate of drug-likeness (QED) is 0.670. The van der Waals surface area contributed by atoms with Gasteiger partial charge in [0.2, 0.25) is 11.8 Å². The lowest BCUT2D eigenvalue weighted by atomic mass is 9.96. The monoisotopic (exact) mass is 441 g/mol. The van der Waals surface area contributed by atoms with Crippen molar-refractivity contribution in [2.45, 2.75) is 64.3 Å². The highest BCUT2D eigenvalue weighted by atomic mass is 19.1. The number of piperidine rings is 1. The number of amides is 2. The molecule has 0 saturated carbocycles. The summed E-state index contributed by atoms with van der Waals surface area (Å²) < 4.78 is 15.3. The fraction of sp³-hybridized carbons (Fsp3) is 0.583. The molecule has 1 aromatic heterocycles. The Labute approximate surface area is 188 Å². The van der Waals surface area contributed by atoms with Crippen LogP contribution in [-0.4, -0.2) is 51.1 Å². The highest BCUT2D eigenvalue weighted by Gasteiger charge is 2.28. The van der Waals surface area contributed by atoms with E-state index in [-0.39, 0.29) is 30.0 Å². The first kappa shape index (κ1) is 22.4. The number of hydrogen-bond donors (Lipinski definition) is 1. The summed E-state index contributed by atoms with van der Waals surface area (Å²) in [4.78, 5) is 27.1. The maximum atomic E-state index is 13.1. The number of nitrogens with one attached hydrogen (secondary N) is 1. The van der Waals surface area contributed by atoms with Crippen LogP contribution < -0.4 is 5.32 Å². The average Bonchev–Trinajstić information content (AvgIpc) is 3.03. The molecule has 1 atom stereocenters. The number of halogens is 1. The van der Waals surface area contributed by atoms with E-state index in [2.05, 4.69) is 20.1 Å². The number of carbonyl (C=O) groups is 2. The van der Waals surface area contributed by atoms with E-state index in [1.54, 1.807) is 17.0 Å². The number of fused-ring (bicyclic) bond motifs is 1. The SMILES string of the molecule is O=C(NCCCc1nnc2n1CCCCC2)C1CCCN(C(=O)Cc2ccc(F)cc2)C1. The van der Waals surface area contributed by atoms with Crippen LogP contribution in [0.25, 0.3) is 0 Å². The second-order valence-electron chi connectivity index (χ2n) is 8.87. The van der Waals surface area contributed by atoms with Gasteiger partial charge in [-0.05, 0) is 49.8 Å². The van der Waals surface area contributed by atoms with Crippen molar-refractivity contribution in [3.63, 3.8) is 0 Å². The maximum Gasteiger partial charge on any atom is 0.227 e. The van der Waals surface area contributed by atoms with Crippen LogP contribution in [0.5, 0.6) is 0 Å². The molecule has 1 fully saturated rings. The van der Waals surface area contributed by atoms with Crippen molar-refractivity contribution < 1.29 is 14.0 Å². The summed E-state index contributed by atoms with van der Waals surface area (Å²) >= 11 is 0. The molecule has 1 saturated heterocycles. The van der Waals surface area contributed by atoms with Gasteiger partial charge in [-0.25, -0.2) is 4.39 Å². The molecule has 7 nitrogen and oxygen atoms in total. The second kappa shape index (κ2) is 10.7. The van der Waals surface area contributed by atoms with E-state index in [1.165, 1.54) is 31.4 Å². The Hall–Kier alpha value is -2.77. The first-order chi connectivity index (χ1) is 15.6. The summed E-state index contributed by atoms with van der Waals surface area (Å²) in [5.41, 5.74) is 0.786. The first-order valence-corrected chi connectivity index (χ1v) is 11.8. The summed E-state index contributed by atoms with van der Waals surface area (Å²) in [6.07, 6.45) is 8.07. The van der Waals surface area contributed by atoms with Crippen LogP contribution in [0.3, 0.4) is 0 Å². The number of rotatable bonds is 7. The Bertz CT molecular complexity index is 927. The number of carbonyl (C=O) groups excluding carboxylic acids is 2. The topological polar surface area (TPSA) is 80.1 Å². The van der Waals surface area contributed by atoms with Gasteiger partial charge in [-0.3, -0.25) is 9.59 Å². The number of aryl methyl sites for hydroxylation is 2. The highest BCUT2D eigenvalue weighted by molar-refractivity contribution is 5.82. The van der Waals surface area contributed by atoms with Gasteiger partial charge in [-0.2, -0.15) is 0 Å². The van der Waals surface area contributed by atoms with E-state index in [0.717, 1.165) is 55.9 Å². The molecule has 2 aliphatic rings. The van der Waals surface area contributed by atoms with Crippen molar-refractivity contribution in [1.82, 2.24) is 25.0 Å². The Morgan fingerprint density at radius 1 is 1.06 bits per heavy atom. The number of benzene rings is 1. The molecule has 2 aromatic rings. The van der Waals surface area contributed by atoms with E-state index in [4.69, 9.17) is 0 Å². The molecule has 8 heteroatoms. The van der Waals surface area contributed by atoms with E-state index in [9.17, 15) is 14.0 Å². The zero-order valence-electron chi connectivity index (χ0n) is 18.6. The third-order valence-electron chi connectivity index (χ3n) is 6.48. The van der Waals surface area contributed by atoms with Crippen LogP contribution in [0.1, 0.15) is 55.7 Å². The predicted octanol–water partition coefficient (Wildman–Crippen LogP) is 2.67. The Morgan fingerprint density at radius 3 is 2.75 bits per heavy atom. The van der Waals surface area contributed by atoms with Crippen molar-refractivity contribution in [3.05, 3.63) is 47.3 Å². The van der Waals surface area contributed by atoms with Gasteiger partial charge < -0.3 is 14.8 Å². The second-order valence-corrected chi connectivity index (χ2v) is 8.87. The van der Waals surface area contributed by atoms with Crippen molar-refractivity contribution in [2.24, 2.45) is 5.92 Å². The van der Waals surface area contributed by atoms with E-state index >= 15 is 0 Å². The van der Waals surface area contributed by atoms with Gasteiger partial charge in [0.05, 0.1) is 12.3 Å². The smallest absolute Gasteiger partial charge is 0.227 e. The van der Waals surface area contributed by atoms with Crippen LogP contribution in [0.15, 0.2) is 24.3 Å². The van der Waals surface area contributed by atoms with Gasteiger partial charge >= 0.3 is 0 Å². The van der Waals surface area contributed by atoms with Crippen molar-refractivity contribution in [1.29, 1.82) is 0 Å². The zero-order valence-corrected chi connectivity index (χ0v) is 18.6. The molecule has 2 amide bonds. The molecule has 1 aromatic carbocycles. The van der Waals surface area contributed by atoms with Gasteiger partial charge in [0.25, 0.3) is 0 Å². The van der Waals surface area contributed by atoms with Crippen molar-refractivity contribution >= 4 is 11.8 Å². The summed E-state index contributed by atoms with van der Waals surface area (Å²) in [7, 11) is 0. The number of nitrogens with zero attached hydrogens (tertiary/aromatic N) is 4. The summed E-state index contributed by atoms with van der Waals surface area (Å²) in [5.74, 6) is 1.63. The highest BCUT2D eigenvalue weighted by Crippen LogP contribution is 2.19. The van der Waals surface area contributed by atoms with Gasteiger partial charge in [0.15, 0.2) is 0 Å².